The van der Waals surface area contributed by atoms with E-state index >= 15 is 0 Å². The smallest absolute Gasteiger partial charge is 0.416 e. The van der Waals surface area contributed by atoms with Gasteiger partial charge in [-0.25, -0.2) is 4.79 Å². The van der Waals surface area contributed by atoms with E-state index in [1.54, 1.807) is 18.3 Å². The van der Waals surface area contributed by atoms with Gasteiger partial charge in [0.1, 0.15) is 17.7 Å². The third kappa shape index (κ3) is 4.78. The van der Waals surface area contributed by atoms with E-state index in [1.165, 1.54) is 22.9 Å². The van der Waals surface area contributed by atoms with E-state index in [4.69, 9.17) is 4.74 Å². The lowest BCUT2D eigenvalue weighted by Gasteiger charge is -2.27. The van der Waals surface area contributed by atoms with Crippen LogP contribution in [0.2, 0.25) is 0 Å². The molecule has 6 nitrogen and oxygen atoms in total. The zero-order valence-corrected chi connectivity index (χ0v) is 17.1. The van der Waals surface area contributed by atoms with Gasteiger partial charge in [-0.05, 0) is 36.6 Å². The van der Waals surface area contributed by atoms with Crippen LogP contribution in [0.25, 0.3) is 10.9 Å². The number of hydrogen-bond donors (Lipinski definition) is 2. The van der Waals surface area contributed by atoms with E-state index in [9.17, 15) is 28.2 Å². The highest BCUT2D eigenvalue weighted by atomic mass is 19.4. The highest BCUT2D eigenvalue weighted by Crippen LogP contribution is 2.32. The van der Waals surface area contributed by atoms with Crippen LogP contribution < -0.4 is 0 Å². The number of halogens is 3. The first kappa shape index (κ1) is 22.3. The second-order valence-electron chi connectivity index (χ2n) is 8.05. The third-order valence-electron chi connectivity index (χ3n) is 5.78. The second-order valence-corrected chi connectivity index (χ2v) is 8.05. The Balaban J connectivity index is 1.61. The normalized spacial score (nSPS) is 17.0. The molecule has 1 saturated carbocycles. The minimum absolute atomic E-state index is 0.0522. The molecule has 0 bridgehead atoms. The summed E-state index contributed by atoms with van der Waals surface area (Å²) in [6.07, 6.45) is -1.05. The molecule has 1 aromatic heterocycles. The summed E-state index contributed by atoms with van der Waals surface area (Å²) in [7, 11) is 0. The fourth-order valence-electron chi connectivity index (χ4n) is 4.12. The molecule has 4 rings (SSSR count). The number of benzene rings is 2. The number of carboxylic acid groups (broad SMARTS) is 1. The summed E-state index contributed by atoms with van der Waals surface area (Å²) in [5.74, 6) is -1.09. The average Bonchev–Trinajstić information content (AvgIpc) is 3.41. The lowest BCUT2D eigenvalue weighted by Crippen LogP contribution is -2.31. The van der Waals surface area contributed by atoms with Crippen molar-refractivity contribution in [3.05, 3.63) is 65.4 Å². The van der Waals surface area contributed by atoms with Crippen molar-refractivity contribution < 1.29 is 32.9 Å². The number of ether oxygens (including phenoxy) is 1. The van der Waals surface area contributed by atoms with Gasteiger partial charge in [-0.15, -0.1) is 0 Å². The molecule has 0 spiro atoms. The zero-order valence-electron chi connectivity index (χ0n) is 17.1. The van der Waals surface area contributed by atoms with Gasteiger partial charge in [0, 0.05) is 11.6 Å². The number of hydrogen-bond acceptors (Lipinski definition) is 4. The molecule has 0 amide bonds. The Morgan fingerprint density at radius 2 is 1.84 bits per heavy atom. The van der Waals surface area contributed by atoms with Gasteiger partial charge in [-0.1, -0.05) is 37.1 Å². The van der Waals surface area contributed by atoms with Gasteiger partial charge in [0.05, 0.1) is 23.8 Å². The number of carboxylic acids is 1. The Morgan fingerprint density at radius 1 is 1.16 bits per heavy atom. The number of aromatic carboxylic acids is 1. The molecule has 1 heterocycles. The van der Waals surface area contributed by atoms with Crippen molar-refractivity contribution in [1.82, 2.24) is 9.78 Å². The maximum Gasteiger partial charge on any atom is 0.416 e. The fourth-order valence-corrected chi connectivity index (χ4v) is 4.12. The van der Waals surface area contributed by atoms with Crippen molar-refractivity contribution >= 4 is 16.9 Å². The lowest BCUT2D eigenvalue weighted by atomic mass is 10.0. The van der Waals surface area contributed by atoms with Gasteiger partial charge in [0.25, 0.3) is 0 Å². The lowest BCUT2D eigenvalue weighted by molar-refractivity contribution is -0.137. The number of aromatic nitrogens is 2. The highest BCUT2D eigenvalue weighted by molar-refractivity contribution is 6.01. The van der Waals surface area contributed by atoms with Crippen LogP contribution in [0.15, 0.2) is 48.7 Å². The summed E-state index contributed by atoms with van der Waals surface area (Å²) < 4.78 is 46.3. The molecular weight excluding hydrogens is 425 g/mol. The van der Waals surface area contributed by atoms with Crippen molar-refractivity contribution in [3.8, 4) is 0 Å². The molecule has 2 aromatic carbocycles. The van der Waals surface area contributed by atoms with Crippen molar-refractivity contribution in [2.75, 3.05) is 0 Å². The number of alkyl halides is 3. The summed E-state index contributed by atoms with van der Waals surface area (Å²) >= 11 is 0. The first-order valence-corrected chi connectivity index (χ1v) is 10.4. The molecular formula is C23H23F3N2O4. The van der Waals surface area contributed by atoms with E-state index < -0.39 is 29.9 Å². The summed E-state index contributed by atoms with van der Waals surface area (Å²) in [5.41, 5.74) is -0.0911. The number of nitrogens with zero attached hydrogens (tertiary/aromatic N) is 2. The Bertz CT molecular complexity index is 1090. The molecule has 0 saturated heterocycles. The summed E-state index contributed by atoms with van der Waals surface area (Å²) in [4.78, 5) is 11.5. The van der Waals surface area contributed by atoms with Gasteiger partial charge in [-0.2, -0.15) is 18.3 Å². The molecule has 3 aromatic rings. The monoisotopic (exact) mass is 448 g/mol. The molecule has 2 atom stereocenters. The Kier molecular flexibility index (Phi) is 6.21. The summed E-state index contributed by atoms with van der Waals surface area (Å²) in [5, 5.41) is 25.4. The van der Waals surface area contributed by atoms with Crippen molar-refractivity contribution in [2.24, 2.45) is 0 Å². The van der Waals surface area contributed by atoms with Crippen LogP contribution >= 0.6 is 0 Å². The van der Waals surface area contributed by atoms with E-state index in [2.05, 4.69) is 5.10 Å². The van der Waals surface area contributed by atoms with Gasteiger partial charge >= 0.3 is 12.1 Å². The van der Waals surface area contributed by atoms with E-state index in [0.29, 0.717) is 16.5 Å². The van der Waals surface area contributed by atoms with Gasteiger partial charge in [0.15, 0.2) is 0 Å². The largest absolute Gasteiger partial charge is 0.478 e. The second kappa shape index (κ2) is 8.91. The standard InChI is InChI=1S/C23H23F3N2O4/c24-23(25,26)16-10-8-14(9-11-16)21(29)19(32-17-5-1-2-6-17)13-28-12-15-4-3-7-18(22(30)31)20(15)27-28/h3-4,7-12,17,19,21,29H,1-2,5-6,13H2,(H,30,31)/t19-,21+/m0/s1. The van der Waals surface area contributed by atoms with E-state index in [0.717, 1.165) is 37.8 Å². The molecule has 1 aliphatic carbocycles. The molecule has 1 fully saturated rings. The molecule has 1 aliphatic rings. The van der Waals surface area contributed by atoms with Crippen molar-refractivity contribution in [1.29, 1.82) is 0 Å². The molecule has 2 N–H and O–H groups in total. The molecule has 32 heavy (non-hydrogen) atoms. The molecule has 0 aliphatic heterocycles. The van der Waals surface area contributed by atoms with Crippen LogP contribution in [0.4, 0.5) is 13.2 Å². The predicted molar refractivity (Wildman–Crippen MR) is 110 cm³/mol. The fraction of sp³-hybridized carbons (Fsp3) is 0.391. The van der Waals surface area contributed by atoms with Gasteiger partial charge in [0.2, 0.25) is 0 Å². The van der Waals surface area contributed by atoms with Crippen molar-refractivity contribution in [2.45, 2.75) is 56.7 Å². The topological polar surface area (TPSA) is 84.6 Å². The van der Waals surface area contributed by atoms with Crippen LogP contribution in [0, 0.1) is 0 Å². The quantitative estimate of drug-likeness (QED) is 0.542. The predicted octanol–water partition coefficient (Wildman–Crippen LogP) is 4.81. The highest BCUT2D eigenvalue weighted by Gasteiger charge is 2.32. The minimum atomic E-state index is -4.46. The first-order chi connectivity index (χ1) is 15.2. The number of aliphatic hydroxyl groups excluding tert-OH is 1. The van der Waals surface area contributed by atoms with Crippen LogP contribution in [-0.2, 0) is 17.5 Å². The summed E-state index contributed by atoms with van der Waals surface area (Å²) in [6, 6.07) is 9.21. The van der Waals surface area contributed by atoms with Crippen LogP contribution in [0.3, 0.4) is 0 Å². The molecule has 9 heteroatoms. The molecule has 170 valence electrons. The molecule has 0 radical (unpaired) electrons. The average molecular weight is 448 g/mol. The maximum absolute atomic E-state index is 12.9. The number of rotatable bonds is 7. The van der Waals surface area contributed by atoms with Crippen LogP contribution in [0.1, 0.15) is 53.3 Å². The van der Waals surface area contributed by atoms with Crippen LogP contribution in [0.5, 0.6) is 0 Å². The number of carbonyl (C=O) groups is 1. The maximum atomic E-state index is 12.9. The summed E-state index contributed by atoms with van der Waals surface area (Å²) in [6.45, 7) is 0.117. The Morgan fingerprint density at radius 3 is 2.47 bits per heavy atom. The van der Waals surface area contributed by atoms with E-state index in [1.807, 2.05) is 0 Å². The Hall–Kier alpha value is -2.91. The number of aliphatic hydroxyl groups is 1. The zero-order chi connectivity index (χ0) is 22.9. The molecule has 0 unspecified atom stereocenters. The van der Waals surface area contributed by atoms with E-state index in [-0.39, 0.29) is 18.2 Å². The van der Waals surface area contributed by atoms with Gasteiger partial charge < -0.3 is 14.9 Å². The first-order valence-electron chi connectivity index (χ1n) is 10.4. The van der Waals surface area contributed by atoms with Gasteiger partial charge in [-0.3, -0.25) is 4.68 Å². The third-order valence-corrected chi connectivity index (χ3v) is 5.78. The number of fused-ring (bicyclic) bond motifs is 1. The minimum Gasteiger partial charge on any atom is -0.478 e. The Labute approximate surface area is 182 Å². The van der Waals surface area contributed by atoms with Crippen LogP contribution in [-0.4, -0.2) is 38.2 Å². The SMILES string of the molecule is O=C(O)c1cccc2cn(C[C@H](OC3CCCC3)[C@H](O)c3ccc(C(F)(F)F)cc3)nc12. The van der Waals surface area contributed by atoms with Crippen molar-refractivity contribution in [3.63, 3.8) is 0 Å².